The summed E-state index contributed by atoms with van der Waals surface area (Å²) in [4.78, 5) is 29.3. The van der Waals surface area contributed by atoms with Gasteiger partial charge in [0.1, 0.15) is 6.54 Å². The normalized spacial score (nSPS) is 23.0. The van der Waals surface area contributed by atoms with Gasteiger partial charge in [-0.25, -0.2) is 4.98 Å². The van der Waals surface area contributed by atoms with Gasteiger partial charge in [-0.2, -0.15) is 0 Å². The summed E-state index contributed by atoms with van der Waals surface area (Å²) in [6, 6.07) is 3.25. The van der Waals surface area contributed by atoms with Crippen LogP contribution in [0.25, 0.3) is 10.9 Å². The van der Waals surface area contributed by atoms with Crippen molar-refractivity contribution >= 4 is 16.8 Å². The SMILES string of the molecule is COc1cc2ncn(CC(=O)NC[C@H]3C[C@H]4C=C[C@H]3C4)c(=O)c2cc1OC. The van der Waals surface area contributed by atoms with E-state index >= 15 is 0 Å². The van der Waals surface area contributed by atoms with Gasteiger partial charge in [-0.05, 0) is 36.7 Å². The molecule has 1 aromatic carbocycles. The molecule has 0 saturated heterocycles. The summed E-state index contributed by atoms with van der Waals surface area (Å²) in [6.45, 7) is 0.609. The molecular formula is C20H23N3O4. The highest BCUT2D eigenvalue weighted by molar-refractivity contribution is 5.82. The van der Waals surface area contributed by atoms with Gasteiger partial charge in [0, 0.05) is 12.6 Å². The Kier molecular flexibility index (Phi) is 4.59. The van der Waals surface area contributed by atoms with Crippen LogP contribution >= 0.6 is 0 Å². The maximum atomic E-state index is 12.7. The van der Waals surface area contributed by atoms with Crippen LogP contribution in [0.5, 0.6) is 11.5 Å². The van der Waals surface area contributed by atoms with E-state index in [1.54, 1.807) is 12.1 Å². The van der Waals surface area contributed by atoms with E-state index in [2.05, 4.69) is 22.5 Å². The minimum atomic E-state index is -0.279. The first-order chi connectivity index (χ1) is 13.1. The Hall–Kier alpha value is -2.83. The Morgan fingerprint density at radius 2 is 2.00 bits per heavy atom. The van der Waals surface area contributed by atoms with Crippen molar-refractivity contribution in [2.45, 2.75) is 19.4 Å². The average molecular weight is 369 g/mol. The zero-order valence-electron chi connectivity index (χ0n) is 15.5. The molecule has 1 aromatic heterocycles. The maximum absolute atomic E-state index is 12.7. The number of hydrogen-bond acceptors (Lipinski definition) is 5. The fraction of sp³-hybridized carbons (Fsp3) is 0.450. The molecule has 0 unspecified atom stereocenters. The average Bonchev–Trinajstić information content (AvgIpc) is 3.31. The number of allylic oxidation sites excluding steroid dienone is 2. The highest BCUT2D eigenvalue weighted by atomic mass is 16.5. The molecule has 3 atom stereocenters. The number of methoxy groups -OCH3 is 2. The Bertz CT molecular complexity index is 966. The van der Waals surface area contributed by atoms with E-state index in [1.807, 2.05) is 0 Å². The summed E-state index contributed by atoms with van der Waals surface area (Å²) in [6.07, 6.45) is 8.30. The molecule has 7 nitrogen and oxygen atoms in total. The largest absolute Gasteiger partial charge is 0.493 e. The monoisotopic (exact) mass is 369 g/mol. The number of carbonyl (C=O) groups is 1. The molecule has 27 heavy (non-hydrogen) atoms. The number of benzene rings is 1. The predicted molar refractivity (Wildman–Crippen MR) is 101 cm³/mol. The fourth-order valence-corrected chi connectivity index (χ4v) is 4.18. The summed E-state index contributed by atoms with van der Waals surface area (Å²) in [5, 5.41) is 3.36. The lowest BCUT2D eigenvalue weighted by Crippen LogP contribution is -2.36. The van der Waals surface area contributed by atoms with Crippen molar-refractivity contribution in [1.82, 2.24) is 14.9 Å². The van der Waals surface area contributed by atoms with Gasteiger partial charge < -0.3 is 14.8 Å². The van der Waals surface area contributed by atoms with Crippen LogP contribution in [0.1, 0.15) is 12.8 Å². The van der Waals surface area contributed by atoms with Crippen LogP contribution < -0.4 is 20.3 Å². The summed E-state index contributed by atoms with van der Waals surface area (Å²) in [5.41, 5.74) is 0.224. The van der Waals surface area contributed by atoms with E-state index in [1.165, 1.54) is 31.5 Å². The molecule has 0 spiro atoms. The lowest BCUT2D eigenvalue weighted by Gasteiger charge is -2.18. The Morgan fingerprint density at radius 1 is 1.22 bits per heavy atom. The Morgan fingerprint density at radius 3 is 2.67 bits per heavy atom. The van der Waals surface area contributed by atoms with Crippen LogP contribution in [-0.4, -0.2) is 36.2 Å². The second-order valence-electron chi connectivity index (χ2n) is 7.25. The third kappa shape index (κ3) is 3.29. The number of carbonyl (C=O) groups excluding carboxylic acids is 1. The van der Waals surface area contributed by atoms with Crippen LogP contribution in [0.3, 0.4) is 0 Å². The zero-order valence-corrected chi connectivity index (χ0v) is 15.5. The summed E-state index contributed by atoms with van der Waals surface area (Å²) in [7, 11) is 3.04. The van der Waals surface area contributed by atoms with Crippen molar-refractivity contribution in [2.24, 2.45) is 17.8 Å². The number of nitrogens with zero attached hydrogens (tertiary/aromatic N) is 2. The molecule has 1 saturated carbocycles. The van der Waals surface area contributed by atoms with Crippen LogP contribution in [0.4, 0.5) is 0 Å². The lowest BCUT2D eigenvalue weighted by atomic mass is 9.94. The predicted octanol–water partition coefficient (Wildman–Crippen LogP) is 1.74. The minimum absolute atomic E-state index is 0.0488. The number of nitrogens with one attached hydrogen (secondary N) is 1. The second kappa shape index (κ2) is 7.06. The van der Waals surface area contributed by atoms with Gasteiger partial charge in [-0.3, -0.25) is 14.2 Å². The van der Waals surface area contributed by atoms with Gasteiger partial charge in [-0.15, -0.1) is 0 Å². The van der Waals surface area contributed by atoms with E-state index < -0.39 is 0 Å². The van der Waals surface area contributed by atoms with Gasteiger partial charge in [0.05, 0.1) is 31.4 Å². The van der Waals surface area contributed by atoms with E-state index in [4.69, 9.17) is 9.47 Å². The molecule has 1 N–H and O–H groups in total. The first-order valence-corrected chi connectivity index (χ1v) is 9.15. The number of fused-ring (bicyclic) bond motifs is 3. The molecule has 2 aliphatic rings. The van der Waals surface area contributed by atoms with Crippen molar-refractivity contribution in [3.8, 4) is 11.5 Å². The Labute approximate surface area is 157 Å². The summed E-state index contributed by atoms with van der Waals surface area (Å²) < 4.78 is 11.8. The molecular weight excluding hydrogens is 346 g/mol. The third-order valence-corrected chi connectivity index (χ3v) is 5.62. The first-order valence-electron chi connectivity index (χ1n) is 9.15. The topological polar surface area (TPSA) is 82.5 Å². The highest BCUT2D eigenvalue weighted by Crippen LogP contribution is 2.42. The molecule has 4 rings (SSSR count). The van der Waals surface area contributed by atoms with Gasteiger partial charge in [-0.1, -0.05) is 12.2 Å². The smallest absolute Gasteiger partial charge is 0.261 e. The van der Waals surface area contributed by atoms with Crippen molar-refractivity contribution < 1.29 is 14.3 Å². The van der Waals surface area contributed by atoms with E-state index in [-0.39, 0.29) is 18.0 Å². The molecule has 1 amide bonds. The molecule has 1 heterocycles. The van der Waals surface area contributed by atoms with Crippen molar-refractivity contribution in [3.05, 3.63) is 41.0 Å². The molecule has 142 valence electrons. The van der Waals surface area contributed by atoms with Gasteiger partial charge in [0.2, 0.25) is 5.91 Å². The van der Waals surface area contributed by atoms with Gasteiger partial charge >= 0.3 is 0 Å². The van der Waals surface area contributed by atoms with Gasteiger partial charge in [0.15, 0.2) is 11.5 Å². The van der Waals surface area contributed by atoms with Crippen LogP contribution in [-0.2, 0) is 11.3 Å². The van der Waals surface area contributed by atoms with E-state index in [9.17, 15) is 9.59 Å². The van der Waals surface area contributed by atoms with Crippen molar-refractivity contribution in [1.29, 1.82) is 0 Å². The second-order valence-corrected chi connectivity index (χ2v) is 7.25. The minimum Gasteiger partial charge on any atom is -0.493 e. The number of amides is 1. The standard InChI is InChI=1S/C20H23N3O4/c1-26-17-7-15-16(8-18(17)27-2)22-11-23(20(15)25)10-19(24)21-9-14-6-12-3-4-13(14)5-12/h3-4,7-8,11-14H,5-6,9-10H2,1-2H3,(H,21,24)/t12-,13-,14+/m0/s1. The number of hydrogen-bond donors (Lipinski definition) is 1. The van der Waals surface area contributed by atoms with Gasteiger partial charge in [0.25, 0.3) is 5.56 Å². The molecule has 1 fully saturated rings. The molecule has 0 aliphatic heterocycles. The van der Waals surface area contributed by atoms with Crippen LogP contribution in [0.2, 0.25) is 0 Å². The van der Waals surface area contributed by atoms with Crippen molar-refractivity contribution in [2.75, 3.05) is 20.8 Å². The van der Waals surface area contributed by atoms with Crippen molar-refractivity contribution in [3.63, 3.8) is 0 Å². The quantitative estimate of drug-likeness (QED) is 0.785. The lowest BCUT2D eigenvalue weighted by molar-refractivity contribution is -0.121. The van der Waals surface area contributed by atoms with Crippen LogP contribution in [0, 0.1) is 17.8 Å². The van der Waals surface area contributed by atoms with E-state index in [0.717, 1.165) is 6.42 Å². The number of ether oxygens (including phenoxy) is 2. The van der Waals surface area contributed by atoms with Crippen LogP contribution in [0.15, 0.2) is 35.4 Å². The third-order valence-electron chi connectivity index (χ3n) is 5.62. The molecule has 0 radical (unpaired) electrons. The summed E-state index contributed by atoms with van der Waals surface area (Å²) >= 11 is 0. The molecule has 2 bridgehead atoms. The Balaban J connectivity index is 1.48. The summed E-state index contributed by atoms with van der Waals surface area (Å²) in [5.74, 6) is 2.55. The molecule has 7 heteroatoms. The zero-order chi connectivity index (χ0) is 19.0. The highest BCUT2D eigenvalue weighted by Gasteiger charge is 2.35. The molecule has 2 aromatic rings. The number of aromatic nitrogens is 2. The van der Waals surface area contributed by atoms with E-state index in [0.29, 0.717) is 46.7 Å². The first kappa shape index (κ1) is 17.6. The maximum Gasteiger partial charge on any atom is 0.261 e. The molecule has 2 aliphatic carbocycles. The number of rotatable bonds is 6. The fourth-order valence-electron chi connectivity index (χ4n) is 4.18.